The van der Waals surface area contributed by atoms with Crippen molar-refractivity contribution in [1.29, 1.82) is 0 Å². The van der Waals surface area contributed by atoms with Gasteiger partial charge in [-0.1, -0.05) is 47.1 Å². The van der Waals surface area contributed by atoms with E-state index in [9.17, 15) is 13.2 Å². The second-order valence-corrected chi connectivity index (χ2v) is 8.87. The third-order valence-electron chi connectivity index (χ3n) is 4.58. The summed E-state index contributed by atoms with van der Waals surface area (Å²) in [6.07, 6.45) is 0. The lowest BCUT2D eigenvalue weighted by molar-refractivity contribution is 0.0730. The number of aromatic nitrogens is 1. The maximum Gasteiger partial charge on any atom is 0.294 e. The van der Waals surface area contributed by atoms with E-state index in [1.54, 1.807) is 0 Å². The van der Waals surface area contributed by atoms with Crippen LogP contribution >= 0.6 is 11.6 Å². The Labute approximate surface area is 178 Å². The monoisotopic (exact) mass is 447 g/mol. The molecule has 0 saturated carbocycles. The van der Waals surface area contributed by atoms with E-state index < -0.39 is 15.9 Å². The first-order valence-electron chi connectivity index (χ1n) is 9.16. The van der Waals surface area contributed by atoms with E-state index in [1.165, 1.54) is 28.6 Å². The fourth-order valence-electron chi connectivity index (χ4n) is 3.02. The Morgan fingerprint density at radius 3 is 2.53 bits per heavy atom. The Hall–Kier alpha value is -2.72. The molecule has 2 aromatic carbocycles. The molecule has 0 atom stereocenters. The van der Waals surface area contributed by atoms with Gasteiger partial charge in [0.05, 0.1) is 18.2 Å². The van der Waals surface area contributed by atoms with Gasteiger partial charge >= 0.3 is 0 Å². The standard InChI is InChI=1S/C20H18ClN3O5S/c21-16-7-6-15(12-19(16)30(26,27)24-8-10-28-11-9-24)22-20(25)18-13-17(23-29-18)14-4-2-1-3-5-14/h1-7,12-13H,8-11H2,(H,22,25). The van der Waals surface area contributed by atoms with E-state index in [4.69, 9.17) is 20.9 Å². The molecule has 0 bridgehead atoms. The SMILES string of the molecule is O=C(Nc1ccc(Cl)c(S(=O)(=O)N2CCOCC2)c1)c1cc(-c2ccccc2)no1. The van der Waals surface area contributed by atoms with E-state index in [-0.39, 0.29) is 34.5 Å². The highest BCUT2D eigenvalue weighted by Gasteiger charge is 2.29. The minimum atomic E-state index is -3.81. The maximum atomic E-state index is 12.9. The van der Waals surface area contributed by atoms with Gasteiger partial charge in [0.2, 0.25) is 15.8 Å². The van der Waals surface area contributed by atoms with Crippen molar-refractivity contribution in [3.63, 3.8) is 0 Å². The first-order chi connectivity index (χ1) is 14.4. The van der Waals surface area contributed by atoms with Crippen LogP contribution < -0.4 is 5.32 Å². The minimum Gasteiger partial charge on any atom is -0.379 e. The van der Waals surface area contributed by atoms with Gasteiger partial charge in [0, 0.05) is 30.4 Å². The number of amides is 1. The lowest BCUT2D eigenvalue weighted by Crippen LogP contribution is -2.40. The summed E-state index contributed by atoms with van der Waals surface area (Å²) in [5, 5.41) is 6.61. The summed E-state index contributed by atoms with van der Waals surface area (Å²) in [5.41, 5.74) is 1.60. The Balaban J connectivity index is 1.55. The average Bonchev–Trinajstić information content (AvgIpc) is 3.27. The zero-order valence-electron chi connectivity index (χ0n) is 15.7. The number of ether oxygens (including phenoxy) is 1. The van der Waals surface area contributed by atoms with Crippen molar-refractivity contribution in [2.24, 2.45) is 0 Å². The van der Waals surface area contributed by atoms with Crippen LogP contribution in [0.4, 0.5) is 5.69 Å². The van der Waals surface area contributed by atoms with Crippen molar-refractivity contribution in [2.75, 3.05) is 31.6 Å². The van der Waals surface area contributed by atoms with Crippen LogP contribution in [-0.4, -0.2) is 50.1 Å². The quantitative estimate of drug-likeness (QED) is 0.644. The molecule has 1 N–H and O–H groups in total. The number of nitrogens with one attached hydrogen (secondary N) is 1. The number of morpholine rings is 1. The van der Waals surface area contributed by atoms with E-state index in [0.29, 0.717) is 18.9 Å². The first-order valence-corrected chi connectivity index (χ1v) is 11.0. The van der Waals surface area contributed by atoms with Gasteiger partial charge in [-0.25, -0.2) is 8.42 Å². The molecule has 1 aliphatic rings. The summed E-state index contributed by atoms with van der Waals surface area (Å²) in [4.78, 5) is 12.5. The van der Waals surface area contributed by atoms with Crippen LogP contribution in [0.15, 0.2) is 64.0 Å². The smallest absolute Gasteiger partial charge is 0.294 e. The van der Waals surface area contributed by atoms with E-state index in [1.807, 2.05) is 30.3 Å². The van der Waals surface area contributed by atoms with Gasteiger partial charge in [-0.05, 0) is 18.2 Å². The van der Waals surface area contributed by atoms with Crippen LogP contribution in [-0.2, 0) is 14.8 Å². The fourth-order valence-corrected chi connectivity index (χ4v) is 4.93. The van der Waals surface area contributed by atoms with E-state index in [0.717, 1.165) is 5.56 Å². The zero-order chi connectivity index (χ0) is 21.1. The number of benzene rings is 2. The van der Waals surface area contributed by atoms with Crippen molar-refractivity contribution in [2.45, 2.75) is 4.90 Å². The molecule has 1 aliphatic heterocycles. The molecular formula is C20H18ClN3O5S. The van der Waals surface area contributed by atoms with Crippen molar-refractivity contribution in [3.05, 3.63) is 65.4 Å². The van der Waals surface area contributed by atoms with Gasteiger partial charge in [-0.15, -0.1) is 0 Å². The van der Waals surface area contributed by atoms with Gasteiger partial charge in [-0.2, -0.15) is 4.31 Å². The lowest BCUT2D eigenvalue weighted by atomic mass is 10.1. The zero-order valence-corrected chi connectivity index (χ0v) is 17.3. The largest absolute Gasteiger partial charge is 0.379 e. The van der Waals surface area contributed by atoms with Crippen LogP contribution in [0.3, 0.4) is 0 Å². The molecule has 8 nitrogen and oxygen atoms in total. The Bertz CT molecular complexity index is 1160. The molecule has 10 heteroatoms. The number of nitrogens with zero attached hydrogens (tertiary/aromatic N) is 2. The van der Waals surface area contributed by atoms with Crippen molar-refractivity contribution in [1.82, 2.24) is 9.46 Å². The molecule has 4 rings (SSSR count). The van der Waals surface area contributed by atoms with Gasteiger partial charge in [0.25, 0.3) is 5.91 Å². The molecule has 30 heavy (non-hydrogen) atoms. The Kier molecular flexibility index (Phi) is 5.87. The summed E-state index contributed by atoms with van der Waals surface area (Å²) in [7, 11) is -3.81. The Morgan fingerprint density at radius 2 is 1.80 bits per heavy atom. The third-order valence-corrected chi connectivity index (χ3v) is 6.96. The highest BCUT2D eigenvalue weighted by Crippen LogP contribution is 2.29. The number of hydrogen-bond donors (Lipinski definition) is 1. The normalized spacial score (nSPS) is 15.1. The molecule has 1 amide bonds. The average molecular weight is 448 g/mol. The molecular weight excluding hydrogens is 430 g/mol. The van der Waals surface area contributed by atoms with E-state index in [2.05, 4.69) is 10.5 Å². The van der Waals surface area contributed by atoms with Crippen molar-refractivity contribution >= 4 is 33.2 Å². The van der Waals surface area contributed by atoms with Crippen molar-refractivity contribution in [3.8, 4) is 11.3 Å². The lowest BCUT2D eigenvalue weighted by Gasteiger charge is -2.26. The predicted molar refractivity (Wildman–Crippen MR) is 111 cm³/mol. The van der Waals surface area contributed by atoms with Crippen LogP contribution in [0, 0.1) is 0 Å². The van der Waals surface area contributed by atoms with Crippen molar-refractivity contribution < 1.29 is 22.5 Å². The second kappa shape index (κ2) is 8.57. The van der Waals surface area contributed by atoms with E-state index >= 15 is 0 Å². The number of sulfonamides is 1. The molecule has 3 aromatic rings. The van der Waals surface area contributed by atoms with Gasteiger partial charge in [0.15, 0.2) is 0 Å². The molecule has 1 fully saturated rings. The highest BCUT2D eigenvalue weighted by atomic mass is 35.5. The molecule has 0 radical (unpaired) electrons. The fraction of sp³-hybridized carbons (Fsp3) is 0.200. The molecule has 1 aromatic heterocycles. The molecule has 1 saturated heterocycles. The molecule has 2 heterocycles. The minimum absolute atomic E-state index is 0.00129. The molecule has 0 spiro atoms. The summed E-state index contributed by atoms with van der Waals surface area (Å²) in [5.74, 6) is -0.553. The number of carbonyl (C=O) groups excluding carboxylic acids is 1. The van der Waals surface area contributed by atoms with Crippen LogP contribution in [0.2, 0.25) is 5.02 Å². The second-order valence-electron chi connectivity index (χ2n) is 6.56. The van der Waals surface area contributed by atoms with Gasteiger partial charge in [0.1, 0.15) is 10.6 Å². The summed E-state index contributed by atoms with van der Waals surface area (Å²) >= 11 is 6.15. The van der Waals surface area contributed by atoms with Crippen LogP contribution in [0.5, 0.6) is 0 Å². The first kappa shape index (κ1) is 20.5. The topological polar surface area (TPSA) is 102 Å². The van der Waals surface area contributed by atoms with Crippen LogP contribution in [0.1, 0.15) is 10.6 Å². The summed E-state index contributed by atoms with van der Waals surface area (Å²) < 4.78 is 37.5. The number of rotatable bonds is 5. The Morgan fingerprint density at radius 1 is 1.07 bits per heavy atom. The van der Waals surface area contributed by atoms with Gasteiger partial charge < -0.3 is 14.6 Å². The summed E-state index contributed by atoms with van der Waals surface area (Å²) in [6.45, 7) is 1.14. The third kappa shape index (κ3) is 4.24. The highest BCUT2D eigenvalue weighted by molar-refractivity contribution is 7.89. The number of anilines is 1. The molecule has 0 unspecified atom stereocenters. The van der Waals surface area contributed by atoms with Gasteiger partial charge in [-0.3, -0.25) is 4.79 Å². The maximum absolute atomic E-state index is 12.9. The molecule has 0 aliphatic carbocycles. The summed E-state index contributed by atoms with van der Waals surface area (Å²) in [6, 6.07) is 15.1. The predicted octanol–water partition coefficient (Wildman–Crippen LogP) is 3.27. The molecule has 156 valence electrons. The number of halogens is 1. The number of hydrogen-bond acceptors (Lipinski definition) is 6. The number of carbonyl (C=O) groups is 1. The van der Waals surface area contributed by atoms with Crippen LogP contribution in [0.25, 0.3) is 11.3 Å².